The molecule has 0 N–H and O–H groups in total. The lowest BCUT2D eigenvalue weighted by Gasteiger charge is -2.12. The van der Waals surface area contributed by atoms with Crippen molar-refractivity contribution in [2.45, 2.75) is 0 Å². The van der Waals surface area contributed by atoms with Crippen LogP contribution in [0.5, 0.6) is 0 Å². The number of rotatable bonds is 8. The van der Waals surface area contributed by atoms with Crippen LogP contribution in [-0.4, -0.2) is 24.1 Å². The van der Waals surface area contributed by atoms with E-state index in [4.69, 9.17) is 15.0 Å². The van der Waals surface area contributed by atoms with Crippen LogP contribution in [0.3, 0.4) is 0 Å². The minimum absolute atomic E-state index is 0.611. The Kier molecular flexibility index (Phi) is 10.00. The second-order valence-corrected chi connectivity index (χ2v) is 20.2. The fourth-order valence-electron chi connectivity index (χ4n) is 11.2. The van der Waals surface area contributed by atoms with Crippen molar-refractivity contribution in [3.8, 4) is 78.9 Å². The third kappa shape index (κ3) is 7.18. The lowest BCUT2D eigenvalue weighted by Crippen LogP contribution is -2.01. The molecule has 0 aliphatic carbocycles. The minimum Gasteiger partial charge on any atom is -0.308 e. The Morgan fingerprint density at radius 3 is 1.11 bits per heavy atom. The van der Waals surface area contributed by atoms with Gasteiger partial charge in [0.15, 0.2) is 17.5 Å². The zero-order chi connectivity index (χ0) is 49.4. The fourth-order valence-corrected chi connectivity index (χ4v) is 12.6. The highest BCUT2D eigenvalue weighted by atomic mass is 32.1. The van der Waals surface area contributed by atoms with Gasteiger partial charge in [0.25, 0.3) is 0 Å². The first-order chi connectivity index (χ1) is 37.2. The van der Waals surface area contributed by atoms with Crippen LogP contribution in [0.15, 0.2) is 261 Å². The van der Waals surface area contributed by atoms with Crippen molar-refractivity contribution in [1.29, 1.82) is 0 Å². The average Bonchev–Trinajstić information content (AvgIpc) is 4.26. The predicted octanol–water partition coefficient (Wildman–Crippen LogP) is 18.4. The van der Waals surface area contributed by atoms with Gasteiger partial charge < -0.3 is 9.13 Å². The molecule has 0 aliphatic heterocycles. The number of para-hydroxylation sites is 2. The summed E-state index contributed by atoms with van der Waals surface area (Å²) in [7, 11) is 0. The minimum atomic E-state index is 0.611. The van der Waals surface area contributed by atoms with Crippen molar-refractivity contribution in [3.63, 3.8) is 0 Å². The quantitative estimate of drug-likeness (QED) is 0.152. The van der Waals surface area contributed by atoms with Gasteiger partial charge in [-0.1, -0.05) is 200 Å². The maximum absolute atomic E-state index is 5.23. The summed E-state index contributed by atoms with van der Waals surface area (Å²) in [4.78, 5) is 15.7. The molecule has 15 aromatic rings. The van der Waals surface area contributed by atoms with Gasteiger partial charge in [-0.3, -0.25) is 0 Å². The highest BCUT2D eigenvalue weighted by Crippen LogP contribution is 2.47. The van der Waals surface area contributed by atoms with Gasteiger partial charge in [-0.2, -0.15) is 0 Å². The zero-order valence-electron chi connectivity index (χ0n) is 40.5. The van der Waals surface area contributed by atoms with Crippen LogP contribution in [0.2, 0.25) is 0 Å². The van der Waals surface area contributed by atoms with E-state index in [-0.39, 0.29) is 0 Å². The molecule has 6 heteroatoms. The van der Waals surface area contributed by atoms with Crippen LogP contribution in [-0.2, 0) is 0 Å². The van der Waals surface area contributed by atoms with Crippen molar-refractivity contribution in [1.82, 2.24) is 24.1 Å². The van der Waals surface area contributed by atoms with Crippen LogP contribution < -0.4 is 0 Å². The van der Waals surface area contributed by atoms with Gasteiger partial charge in [-0.05, 0) is 94.0 Å². The van der Waals surface area contributed by atoms with Crippen LogP contribution in [0, 0.1) is 0 Å². The Balaban J connectivity index is 0.902. The van der Waals surface area contributed by atoms with Gasteiger partial charge in [0.1, 0.15) is 0 Å². The van der Waals surface area contributed by atoms with E-state index in [9.17, 15) is 0 Å². The molecule has 0 aliphatic rings. The summed E-state index contributed by atoms with van der Waals surface area (Å²) in [6.45, 7) is 0. The summed E-state index contributed by atoms with van der Waals surface area (Å²) < 4.78 is 7.47. The van der Waals surface area contributed by atoms with Crippen LogP contribution >= 0.6 is 11.3 Å². The van der Waals surface area contributed by atoms with Gasteiger partial charge in [-0.25, -0.2) is 15.0 Å². The van der Waals surface area contributed by atoms with Crippen molar-refractivity contribution >= 4 is 75.1 Å². The van der Waals surface area contributed by atoms with E-state index in [0.29, 0.717) is 17.5 Å². The molecule has 75 heavy (non-hydrogen) atoms. The Hall–Kier alpha value is -9.75. The molecule has 0 amide bonds. The van der Waals surface area contributed by atoms with Gasteiger partial charge >= 0.3 is 0 Å². The summed E-state index contributed by atoms with van der Waals surface area (Å²) in [5.74, 6) is 1.85. The molecule has 15 rings (SSSR count). The van der Waals surface area contributed by atoms with E-state index in [0.717, 1.165) is 55.8 Å². The molecule has 11 aromatic carbocycles. The maximum atomic E-state index is 5.23. The summed E-state index contributed by atoms with van der Waals surface area (Å²) in [6, 6.07) is 93.2. The average molecular weight is 974 g/mol. The van der Waals surface area contributed by atoms with Gasteiger partial charge in [0, 0.05) is 60.4 Å². The summed E-state index contributed by atoms with van der Waals surface area (Å²) in [5, 5.41) is 7.44. The molecule has 0 unspecified atom stereocenters. The van der Waals surface area contributed by atoms with Crippen molar-refractivity contribution in [2.75, 3.05) is 0 Å². The fraction of sp³-hybridized carbons (Fsp3) is 0. The van der Waals surface area contributed by atoms with Crippen LogP contribution in [0.25, 0.3) is 143 Å². The Labute approximate surface area is 436 Å². The number of nitrogens with zero attached hydrogens (tertiary/aromatic N) is 5. The molecule has 350 valence electrons. The molecule has 0 saturated carbocycles. The smallest absolute Gasteiger partial charge is 0.164 e. The second-order valence-electron chi connectivity index (χ2n) is 19.1. The lowest BCUT2D eigenvalue weighted by atomic mass is 10.0. The molecule has 4 aromatic heterocycles. The third-order valence-electron chi connectivity index (χ3n) is 14.8. The third-order valence-corrected chi connectivity index (χ3v) is 16.0. The van der Waals surface area contributed by atoms with E-state index in [1.165, 1.54) is 69.4 Å². The topological polar surface area (TPSA) is 48.5 Å². The van der Waals surface area contributed by atoms with E-state index < -0.39 is 0 Å². The molecule has 0 fully saturated rings. The van der Waals surface area contributed by atoms with Gasteiger partial charge in [0.05, 0.1) is 31.5 Å². The van der Waals surface area contributed by atoms with Gasteiger partial charge in [-0.15, -0.1) is 11.3 Å². The first kappa shape index (κ1) is 42.9. The zero-order valence-corrected chi connectivity index (χ0v) is 41.3. The Bertz CT molecular complexity index is 4590. The summed E-state index contributed by atoms with van der Waals surface area (Å²) >= 11 is 1.90. The number of aromatic nitrogens is 5. The van der Waals surface area contributed by atoms with Crippen molar-refractivity contribution in [2.24, 2.45) is 0 Å². The second kappa shape index (κ2) is 17.5. The first-order valence-corrected chi connectivity index (χ1v) is 26.2. The number of hydrogen-bond donors (Lipinski definition) is 0. The van der Waals surface area contributed by atoms with Crippen molar-refractivity contribution < 1.29 is 0 Å². The Morgan fingerprint density at radius 1 is 0.240 bits per heavy atom. The summed E-state index contributed by atoms with van der Waals surface area (Å²) in [5.41, 5.74) is 16.6. The molecule has 4 heterocycles. The molecular weight excluding hydrogens is 931 g/mol. The van der Waals surface area contributed by atoms with E-state index >= 15 is 0 Å². The monoisotopic (exact) mass is 973 g/mol. The molecule has 0 bridgehead atoms. The van der Waals surface area contributed by atoms with Crippen molar-refractivity contribution in [3.05, 3.63) is 261 Å². The predicted molar refractivity (Wildman–Crippen MR) is 314 cm³/mol. The Morgan fingerprint density at radius 2 is 0.613 bits per heavy atom. The maximum Gasteiger partial charge on any atom is 0.164 e. The number of benzene rings is 11. The number of thiophene rings is 1. The molecular formula is C69H43N5S. The van der Waals surface area contributed by atoms with E-state index in [1.807, 2.05) is 23.5 Å². The molecule has 0 spiro atoms. The first-order valence-electron chi connectivity index (χ1n) is 25.3. The SMILES string of the molecule is c1ccc(-c2cccc(-c3nc(-c4ccc(-n5c6ccccc6c6ccc7c8ccc9c%10ccccc%10n(-c%10cccc(-c%11ccccc%11)c%10)c9c8sc7c65)cc4)nc(-c4cccc(-c5ccccc5)c4)n3)c2)cc1. The molecule has 5 nitrogen and oxygen atoms in total. The lowest BCUT2D eigenvalue weighted by molar-refractivity contribution is 1.07. The molecule has 0 radical (unpaired) electrons. The number of fused-ring (bicyclic) bond motifs is 11. The molecule has 0 saturated heterocycles. The van der Waals surface area contributed by atoms with Crippen LogP contribution in [0.4, 0.5) is 0 Å². The standard InChI is InChI=1S/C69H43N5S/c1-4-17-44(18-5-1)48-23-14-26-51(41-48)68-70-67(71-69(72-68)52-27-15-24-49(42-52)45-19-6-2-7-20-45)47-33-35-53(36-34-47)73-61-31-12-10-29-55(61)57-37-39-59-60-40-38-58-56-30-11-13-32-62(56)74(64(58)66(60)75-65(59)63(57)73)54-28-16-25-50(43-54)46-21-8-3-9-22-46/h1-43H. The van der Waals surface area contributed by atoms with Gasteiger partial charge in [0.2, 0.25) is 0 Å². The normalized spacial score (nSPS) is 11.7. The van der Waals surface area contributed by atoms with E-state index in [1.54, 1.807) is 0 Å². The highest BCUT2D eigenvalue weighted by Gasteiger charge is 2.23. The van der Waals surface area contributed by atoms with Crippen LogP contribution in [0.1, 0.15) is 0 Å². The van der Waals surface area contributed by atoms with E-state index in [2.05, 4.69) is 258 Å². The highest BCUT2D eigenvalue weighted by molar-refractivity contribution is 7.27. The molecule has 0 atom stereocenters. The summed E-state index contributed by atoms with van der Waals surface area (Å²) in [6.07, 6.45) is 0. The number of hydrogen-bond acceptors (Lipinski definition) is 4. The largest absolute Gasteiger partial charge is 0.308 e.